The van der Waals surface area contributed by atoms with Crippen LogP contribution >= 0.6 is 0 Å². The number of imidazole rings is 1. The molecule has 0 radical (unpaired) electrons. The molecule has 5 nitrogen and oxygen atoms in total. The van der Waals surface area contributed by atoms with Crippen LogP contribution in [-0.2, 0) is 4.74 Å². The number of rotatable bonds is 4. The number of ether oxygens (including phenoxy) is 1. The van der Waals surface area contributed by atoms with Crippen molar-refractivity contribution in [1.29, 1.82) is 0 Å². The summed E-state index contributed by atoms with van der Waals surface area (Å²) in [6, 6.07) is 24.9. The Hall–Kier alpha value is -3.31. The van der Waals surface area contributed by atoms with Crippen LogP contribution in [0.25, 0.3) is 16.9 Å². The van der Waals surface area contributed by atoms with Gasteiger partial charge < -0.3 is 15.0 Å². The highest BCUT2D eigenvalue weighted by atomic mass is 16.5. The first-order valence-electron chi connectivity index (χ1n) is 9.61. The van der Waals surface area contributed by atoms with Gasteiger partial charge in [-0.2, -0.15) is 0 Å². The number of aromatic nitrogens is 2. The molecule has 2 aromatic heterocycles. The second-order valence-electron chi connectivity index (χ2n) is 6.88. The van der Waals surface area contributed by atoms with Crippen LogP contribution in [0.15, 0.2) is 79.0 Å². The summed E-state index contributed by atoms with van der Waals surface area (Å²) in [5.74, 6) is 0.973. The number of nitrogens with one attached hydrogen (secondary N) is 1. The topological polar surface area (TPSA) is 41.8 Å². The third kappa shape index (κ3) is 3.21. The number of nitrogens with zero attached hydrogens (tertiary/aromatic N) is 3. The van der Waals surface area contributed by atoms with Gasteiger partial charge in [0.2, 0.25) is 0 Å². The molecule has 0 spiro atoms. The Morgan fingerprint density at radius 3 is 2.36 bits per heavy atom. The molecule has 0 saturated carbocycles. The van der Waals surface area contributed by atoms with E-state index in [0.717, 1.165) is 54.7 Å². The second-order valence-corrected chi connectivity index (χ2v) is 6.88. The van der Waals surface area contributed by atoms with E-state index >= 15 is 0 Å². The number of para-hydroxylation sites is 1. The summed E-state index contributed by atoms with van der Waals surface area (Å²) in [7, 11) is 0. The Morgan fingerprint density at radius 2 is 1.57 bits per heavy atom. The van der Waals surface area contributed by atoms with Gasteiger partial charge in [-0.05, 0) is 36.4 Å². The standard InChI is InChI=1S/C23H22N4O/c1-2-6-19(7-3-1)24-23-22(25-21-8-4-5-13-27(21)23)18-9-11-20(12-10-18)26-14-16-28-17-15-26/h1-13,24H,14-17H2. The Balaban J connectivity index is 1.53. The van der Waals surface area contributed by atoms with Crippen LogP contribution in [-0.4, -0.2) is 35.7 Å². The molecule has 1 fully saturated rings. The molecule has 2 aromatic carbocycles. The van der Waals surface area contributed by atoms with E-state index in [9.17, 15) is 0 Å². The van der Waals surface area contributed by atoms with Crippen LogP contribution in [0.3, 0.4) is 0 Å². The molecular weight excluding hydrogens is 348 g/mol. The molecule has 1 saturated heterocycles. The first-order valence-corrected chi connectivity index (χ1v) is 9.61. The molecule has 0 aliphatic carbocycles. The maximum atomic E-state index is 5.46. The average Bonchev–Trinajstić information content (AvgIpc) is 3.14. The van der Waals surface area contributed by atoms with Gasteiger partial charge in [0.15, 0.2) is 0 Å². The number of fused-ring (bicyclic) bond motifs is 1. The van der Waals surface area contributed by atoms with E-state index in [1.807, 2.05) is 42.6 Å². The minimum atomic E-state index is 0.791. The fourth-order valence-corrected chi connectivity index (χ4v) is 3.63. The highest BCUT2D eigenvalue weighted by molar-refractivity contribution is 5.80. The van der Waals surface area contributed by atoms with Crippen molar-refractivity contribution in [2.75, 3.05) is 36.5 Å². The highest BCUT2D eigenvalue weighted by Gasteiger charge is 2.16. The molecule has 1 N–H and O–H groups in total. The molecule has 1 aliphatic heterocycles. The molecule has 4 aromatic rings. The van der Waals surface area contributed by atoms with Crippen molar-refractivity contribution < 1.29 is 4.74 Å². The van der Waals surface area contributed by atoms with Crippen molar-refractivity contribution in [3.8, 4) is 11.3 Å². The predicted octanol–water partition coefficient (Wildman–Crippen LogP) is 4.58. The third-order valence-corrected chi connectivity index (χ3v) is 5.08. The minimum absolute atomic E-state index is 0.791. The number of morpholine rings is 1. The molecule has 0 atom stereocenters. The summed E-state index contributed by atoms with van der Waals surface area (Å²) in [4.78, 5) is 7.25. The van der Waals surface area contributed by atoms with Gasteiger partial charge >= 0.3 is 0 Å². The van der Waals surface area contributed by atoms with Crippen molar-refractivity contribution in [3.05, 3.63) is 79.0 Å². The third-order valence-electron chi connectivity index (χ3n) is 5.08. The van der Waals surface area contributed by atoms with Gasteiger partial charge in [0.1, 0.15) is 17.2 Å². The van der Waals surface area contributed by atoms with Crippen LogP contribution < -0.4 is 10.2 Å². The molecule has 28 heavy (non-hydrogen) atoms. The van der Waals surface area contributed by atoms with Gasteiger partial charge in [-0.1, -0.05) is 36.4 Å². The number of pyridine rings is 1. The maximum Gasteiger partial charge on any atom is 0.143 e. The Kier molecular flexibility index (Phi) is 4.43. The number of hydrogen-bond donors (Lipinski definition) is 1. The zero-order valence-corrected chi connectivity index (χ0v) is 15.6. The van der Waals surface area contributed by atoms with Crippen LogP contribution in [0.1, 0.15) is 0 Å². The molecule has 0 amide bonds. The number of anilines is 3. The Labute approximate surface area is 164 Å². The van der Waals surface area contributed by atoms with Crippen molar-refractivity contribution in [3.63, 3.8) is 0 Å². The van der Waals surface area contributed by atoms with E-state index in [1.54, 1.807) is 0 Å². The predicted molar refractivity (Wildman–Crippen MR) is 113 cm³/mol. The van der Waals surface area contributed by atoms with Crippen LogP contribution in [0.5, 0.6) is 0 Å². The molecule has 0 unspecified atom stereocenters. The van der Waals surface area contributed by atoms with E-state index in [2.05, 4.69) is 51.0 Å². The van der Waals surface area contributed by atoms with Crippen LogP contribution in [0.4, 0.5) is 17.2 Å². The summed E-state index contributed by atoms with van der Waals surface area (Å²) >= 11 is 0. The van der Waals surface area contributed by atoms with Gasteiger partial charge in [-0.3, -0.25) is 4.40 Å². The summed E-state index contributed by atoms with van der Waals surface area (Å²) in [5.41, 5.74) is 5.24. The van der Waals surface area contributed by atoms with Gasteiger partial charge in [-0.25, -0.2) is 4.98 Å². The second kappa shape index (κ2) is 7.37. The molecule has 5 rings (SSSR count). The van der Waals surface area contributed by atoms with E-state index in [4.69, 9.17) is 9.72 Å². The quantitative estimate of drug-likeness (QED) is 0.571. The highest BCUT2D eigenvalue weighted by Crippen LogP contribution is 2.32. The van der Waals surface area contributed by atoms with Gasteiger partial charge in [0, 0.05) is 36.2 Å². The number of benzene rings is 2. The fourth-order valence-electron chi connectivity index (χ4n) is 3.63. The minimum Gasteiger partial charge on any atom is -0.378 e. The molecule has 5 heteroatoms. The average molecular weight is 370 g/mol. The largest absolute Gasteiger partial charge is 0.378 e. The van der Waals surface area contributed by atoms with Gasteiger partial charge in [-0.15, -0.1) is 0 Å². The smallest absolute Gasteiger partial charge is 0.143 e. The van der Waals surface area contributed by atoms with Crippen molar-refractivity contribution in [2.24, 2.45) is 0 Å². The van der Waals surface area contributed by atoms with Crippen LogP contribution in [0.2, 0.25) is 0 Å². The summed E-state index contributed by atoms with van der Waals surface area (Å²) in [6.45, 7) is 3.46. The van der Waals surface area contributed by atoms with Crippen molar-refractivity contribution in [1.82, 2.24) is 9.38 Å². The maximum absolute atomic E-state index is 5.46. The molecule has 140 valence electrons. The first kappa shape index (κ1) is 16.8. The molecule has 3 heterocycles. The monoisotopic (exact) mass is 370 g/mol. The van der Waals surface area contributed by atoms with Gasteiger partial charge in [0.05, 0.1) is 13.2 Å². The Bertz CT molecular complexity index is 1070. The fraction of sp³-hybridized carbons (Fsp3) is 0.174. The lowest BCUT2D eigenvalue weighted by molar-refractivity contribution is 0.122. The first-order chi connectivity index (χ1) is 13.9. The van der Waals surface area contributed by atoms with Crippen LogP contribution in [0, 0.1) is 0 Å². The van der Waals surface area contributed by atoms with Gasteiger partial charge in [0.25, 0.3) is 0 Å². The van der Waals surface area contributed by atoms with E-state index in [0.29, 0.717) is 0 Å². The summed E-state index contributed by atoms with van der Waals surface area (Å²) < 4.78 is 7.55. The summed E-state index contributed by atoms with van der Waals surface area (Å²) in [5, 5.41) is 3.55. The summed E-state index contributed by atoms with van der Waals surface area (Å²) in [6.07, 6.45) is 2.04. The lowest BCUT2D eigenvalue weighted by Gasteiger charge is -2.28. The van der Waals surface area contributed by atoms with E-state index < -0.39 is 0 Å². The lowest BCUT2D eigenvalue weighted by atomic mass is 10.1. The molecule has 1 aliphatic rings. The number of hydrogen-bond acceptors (Lipinski definition) is 4. The van der Waals surface area contributed by atoms with E-state index in [-0.39, 0.29) is 0 Å². The van der Waals surface area contributed by atoms with Crippen molar-refractivity contribution >= 4 is 22.8 Å². The van der Waals surface area contributed by atoms with E-state index in [1.165, 1.54) is 5.69 Å². The normalized spacial score (nSPS) is 14.4. The SMILES string of the molecule is c1ccc(Nc2c(-c3ccc(N4CCOCC4)cc3)nc3ccccn23)cc1. The molecule has 0 bridgehead atoms. The zero-order chi connectivity index (χ0) is 18.8. The Morgan fingerprint density at radius 1 is 0.821 bits per heavy atom. The zero-order valence-electron chi connectivity index (χ0n) is 15.6. The van der Waals surface area contributed by atoms with Crippen molar-refractivity contribution in [2.45, 2.75) is 0 Å². The molecular formula is C23H22N4O. The lowest BCUT2D eigenvalue weighted by Crippen LogP contribution is -2.36.